The Morgan fingerprint density at radius 1 is 1.12 bits per heavy atom. The molecule has 2 nitrogen and oxygen atoms in total. The molecule has 0 saturated heterocycles. The highest BCUT2D eigenvalue weighted by Crippen LogP contribution is 2.66. The van der Waals surface area contributed by atoms with E-state index in [9.17, 15) is 4.79 Å². The zero-order valence-electron chi connectivity index (χ0n) is 16.6. The number of esters is 1. The van der Waals surface area contributed by atoms with Gasteiger partial charge in [-0.2, -0.15) is 0 Å². The van der Waals surface area contributed by atoms with Crippen LogP contribution in [0, 0.1) is 34.5 Å². The topological polar surface area (TPSA) is 26.3 Å². The summed E-state index contributed by atoms with van der Waals surface area (Å²) in [7, 11) is 0. The normalized spacial score (nSPS) is 48.8. The number of ether oxygens (including phenoxy) is 1. The number of carbonyl (C=O) groups excluding carboxylic acids is 1. The van der Waals surface area contributed by atoms with Crippen LogP contribution in [-0.2, 0) is 9.53 Å². The van der Waals surface area contributed by atoms with E-state index in [0.29, 0.717) is 5.41 Å². The fraction of sp³-hybridized carbons (Fsp3) is 0.870. The Labute approximate surface area is 153 Å². The van der Waals surface area contributed by atoms with E-state index < -0.39 is 0 Å². The highest BCUT2D eigenvalue weighted by molar-refractivity contribution is 5.66. The van der Waals surface area contributed by atoms with Crippen LogP contribution in [0.5, 0.6) is 0 Å². The molecule has 0 bridgehead atoms. The van der Waals surface area contributed by atoms with Crippen LogP contribution in [0.4, 0.5) is 0 Å². The van der Waals surface area contributed by atoms with Crippen LogP contribution < -0.4 is 0 Å². The Hall–Kier alpha value is -0.790. The van der Waals surface area contributed by atoms with Gasteiger partial charge in [-0.15, -0.1) is 0 Å². The average molecular weight is 345 g/mol. The van der Waals surface area contributed by atoms with Crippen LogP contribution in [-0.4, -0.2) is 12.1 Å². The maximum atomic E-state index is 11.6. The van der Waals surface area contributed by atoms with Gasteiger partial charge in [-0.1, -0.05) is 32.4 Å². The maximum absolute atomic E-state index is 11.6. The zero-order chi connectivity index (χ0) is 17.8. The number of allylic oxidation sites excluding steroid dienone is 2. The van der Waals surface area contributed by atoms with Gasteiger partial charge in [-0.05, 0) is 86.9 Å². The summed E-state index contributed by atoms with van der Waals surface area (Å²) in [6.45, 7) is 8.94. The molecule has 0 radical (unpaired) electrons. The molecular weight excluding hydrogens is 308 g/mol. The van der Waals surface area contributed by atoms with Gasteiger partial charge in [-0.3, -0.25) is 4.79 Å². The largest absolute Gasteiger partial charge is 0.462 e. The molecule has 25 heavy (non-hydrogen) atoms. The first-order valence-corrected chi connectivity index (χ1v) is 10.7. The lowest BCUT2D eigenvalue weighted by Crippen LogP contribution is -2.53. The molecule has 0 heterocycles. The van der Waals surface area contributed by atoms with Crippen molar-refractivity contribution in [1.29, 1.82) is 0 Å². The second-order valence-corrected chi connectivity index (χ2v) is 10.0. The zero-order valence-corrected chi connectivity index (χ0v) is 16.6. The van der Waals surface area contributed by atoms with E-state index in [1.165, 1.54) is 51.4 Å². The van der Waals surface area contributed by atoms with Gasteiger partial charge in [0.1, 0.15) is 6.10 Å². The quantitative estimate of drug-likeness (QED) is 0.460. The van der Waals surface area contributed by atoms with Crippen molar-refractivity contribution < 1.29 is 9.53 Å². The maximum Gasteiger partial charge on any atom is 0.302 e. The minimum absolute atomic E-state index is 0.0887. The molecule has 4 rings (SSSR count). The monoisotopic (exact) mass is 344 g/mol. The van der Waals surface area contributed by atoms with Gasteiger partial charge in [0.25, 0.3) is 0 Å². The van der Waals surface area contributed by atoms with Gasteiger partial charge in [0.15, 0.2) is 0 Å². The van der Waals surface area contributed by atoms with E-state index in [0.717, 1.165) is 30.1 Å². The summed E-state index contributed by atoms with van der Waals surface area (Å²) in [6.07, 6.45) is 14.4. The lowest BCUT2D eigenvalue weighted by molar-refractivity contribution is -0.159. The van der Waals surface area contributed by atoms with Crippen LogP contribution in [0.3, 0.4) is 0 Å². The smallest absolute Gasteiger partial charge is 0.302 e. The van der Waals surface area contributed by atoms with Gasteiger partial charge in [0.2, 0.25) is 0 Å². The van der Waals surface area contributed by atoms with Crippen LogP contribution in [0.15, 0.2) is 11.6 Å². The lowest BCUT2D eigenvalue weighted by Gasteiger charge is -2.60. The van der Waals surface area contributed by atoms with E-state index in [1.807, 2.05) is 0 Å². The molecule has 0 amide bonds. The third-order valence-corrected chi connectivity index (χ3v) is 9.08. The lowest BCUT2D eigenvalue weighted by atomic mass is 9.45. The number of rotatable bonds is 2. The molecule has 4 aliphatic carbocycles. The predicted molar refractivity (Wildman–Crippen MR) is 101 cm³/mol. The van der Waals surface area contributed by atoms with Crippen LogP contribution in [0.1, 0.15) is 85.5 Å². The first-order valence-electron chi connectivity index (χ1n) is 10.7. The molecule has 0 aromatic rings. The van der Waals surface area contributed by atoms with Crippen molar-refractivity contribution in [2.75, 3.05) is 0 Å². The number of hydrogen-bond donors (Lipinski definition) is 0. The minimum atomic E-state index is -0.0887. The summed E-state index contributed by atoms with van der Waals surface area (Å²) in [6, 6.07) is 0. The SMILES string of the molecule is CCC1=CC[C@@]2(C)[C@@H](CC[C@H]3[C@H]4CC[C@H](OC(C)=O)[C@@]4(C)CC[C@@H]32)C1. The number of hydrogen-bond acceptors (Lipinski definition) is 2. The highest BCUT2D eigenvalue weighted by Gasteiger charge is 2.60. The van der Waals surface area contributed by atoms with Crippen LogP contribution in [0.2, 0.25) is 0 Å². The van der Waals surface area contributed by atoms with Gasteiger partial charge in [0.05, 0.1) is 0 Å². The van der Waals surface area contributed by atoms with E-state index in [1.54, 1.807) is 12.5 Å². The molecule has 2 heteroatoms. The van der Waals surface area contributed by atoms with Crippen molar-refractivity contribution in [1.82, 2.24) is 0 Å². The molecule has 7 atom stereocenters. The third-order valence-electron chi connectivity index (χ3n) is 9.08. The van der Waals surface area contributed by atoms with Gasteiger partial charge >= 0.3 is 5.97 Å². The Bertz CT molecular complexity index is 579. The average Bonchev–Trinajstić information content (AvgIpc) is 2.90. The molecule has 0 spiro atoms. The fourth-order valence-corrected chi connectivity index (χ4v) is 7.59. The van der Waals surface area contributed by atoms with Gasteiger partial charge in [0, 0.05) is 12.3 Å². The molecule has 3 saturated carbocycles. The van der Waals surface area contributed by atoms with Crippen LogP contribution in [0.25, 0.3) is 0 Å². The van der Waals surface area contributed by atoms with E-state index in [-0.39, 0.29) is 17.5 Å². The summed E-state index contributed by atoms with van der Waals surface area (Å²) in [5.74, 6) is 3.33. The van der Waals surface area contributed by atoms with E-state index in [2.05, 4.69) is 26.8 Å². The molecule has 0 unspecified atom stereocenters. The molecule has 0 N–H and O–H groups in total. The molecule has 140 valence electrons. The predicted octanol–water partition coefficient (Wildman–Crippen LogP) is 5.91. The fourth-order valence-electron chi connectivity index (χ4n) is 7.59. The second-order valence-electron chi connectivity index (χ2n) is 10.0. The van der Waals surface area contributed by atoms with Crippen molar-refractivity contribution in [3.63, 3.8) is 0 Å². The first-order chi connectivity index (χ1) is 11.9. The van der Waals surface area contributed by atoms with Crippen molar-refractivity contribution in [2.24, 2.45) is 34.5 Å². The summed E-state index contributed by atoms with van der Waals surface area (Å²) in [5, 5.41) is 0. The van der Waals surface area contributed by atoms with E-state index in [4.69, 9.17) is 4.74 Å². The van der Waals surface area contributed by atoms with Crippen molar-refractivity contribution >= 4 is 5.97 Å². The van der Waals surface area contributed by atoms with Crippen molar-refractivity contribution in [3.05, 3.63) is 11.6 Å². The Kier molecular flexibility index (Phi) is 4.32. The van der Waals surface area contributed by atoms with Crippen LogP contribution >= 0.6 is 0 Å². The molecule has 4 aliphatic rings. The molecule has 3 fully saturated rings. The van der Waals surface area contributed by atoms with Gasteiger partial charge in [-0.25, -0.2) is 0 Å². The number of fused-ring (bicyclic) bond motifs is 5. The Morgan fingerprint density at radius 3 is 2.60 bits per heavy atom. The van der Waals surface area contributed by atoms with E-state index >= 15 is 0 Å². The summed E-state index contributed by atoms with van der Waals surface area (Å²) < 4.78 is 5.78. The van der Waals surface area contributed by atoms with Crippen molar-refractivity contribution in [3.8, 4) is 0 Å². The standard InChI is InChI=1S/C23H36O2/c1-5-16-10-12-22(3)17(14-16)6-7-18-19-8-9-21(25-15(2)24)23(19,4)13-11-20(18)22/h10,17-21H,5-9,11-14H2,1-4H3/t17-,18-,19+,20-,21-,22-,23-/m0/s1. The number of carbonyl (C=O) groups is 1. The Balaban J connectivity index is 1.58. The molecule has 0 aliphatic heterocycles. The molecule has 0 aromatic carbocycles. The highest BCUT2D eigenvalue weighted by atomic mass is 16.5. The summed E-state index contributed by atoms with van der Waals surface area (Å²) >= 11 is 0. The first kappa shape index (κ1) is 17.6. The summed E-state index contributed by atoms with van der Waals surface area (Å²) in [4.78, 5) is 11.6. The molecule has 0 aromatic heterocycles. The third kappa shape index (κ3) is 2.61. The molecular formula is C23H36O2. The second kappa shape index (κ2) is 6.13. The summed E-state index contributed by atoms with van der Waals surface area (Å²) in [5.41, 5.74) is 2.45. The van der Waals surface area contributed by atoms with Gasteiger partial charge < -0.3 is 4.74 Å². The minimum Gasteiger partial charge on any atom is -0.462 e. The van der Waals surface area contributed by atoms with Crippen molar-refractivity contribution in [2.45, 2.75) is 91.6 Å². The Morgan fingerprint density at radius 2 is 1.88 bits per heavy atom.